The molecule has 1 amide bonds. The highest BCUT2D eigenvalue weighted by molar-refractivity contribution is 6.29. The Labute approximate surface area is 137 Å². The molecule has 0 fully saturated rings. The van der Waals surface area contributed by atoms with Crippen molar-refractivity contribution in [3.63, 3.8) is 0 Å². The van der Waals surface area contributed by atoms with Crippen LogP contribution in [0.5, 0.6) is 0 Å². The van der Waals surface area contributed by atoms with E-state index in [2.05, 4.69) is 5.32 Å². The highest BCUT2D eigenvalue weighted by atomic mass is 35.5. The van der Waals surface area contributed by atoms with E-state index in [1.54, 1.807) is 13.0 Å². The topological polar surface area (TPSA) is 110 Å². The average Bonchev–Trinajstić information content (AvgIpc) is 2.48. The van der Waals surface area contributed by atoms with Gasteiger partial charge < -0.3 is 10.4 Å². The van der Waals surface area contributed by atoms with E-state index in [4.69, 9.17) is 11.6 Å². The average molecular weight is 339 g/mol. The first-order valence-corrected chi connectivity index (χ1v) is 7.30. The number of aryl methyl sites for hydroxylation is 1. The summed E-state index contributed by atoms with van der Waals surface area (Å²) in [5.41, 5.74) is 0.612. The summed E-state index contributed by atoms with van der Waals surface area (Å²) in [4.78, 5) is 34.0. The number of nitrogens with zero attached hydrogens (tertiary/aromatic N) is 1. The lowest BCUT2D eigenvalue weighted by Crippen LogP contribution is -2.35. The minimum absolute atomic E-state index is 0.112. The first-order chi connectivity index (χ1) is 10.8. The summed E-state index contributed by atoms with van der Waals surface area (Å²) < 4.78 is 0. The van der Waals surface area contributed by atoms with E-state index in [-0.39, 0.29) is 24.2 Å². The Hall–Kier alpha value is -2.41. The Kier molecular flexibility index (Phi) is 5.00. The summed E-state index contributed by atoms with van der Waals surface area (Å²) in [5.74, 6) is -3.26. The Morgan fingerprint density at radius 3 is 2.70 bits per heavy atom. The molecule has 1 aromatic carbocycles. The molecule has 0 bridgehead atoms. The fourth-order valence-corrected chi connectivity index (χ4v) is 2.78. The van der Waals surface area contributed by atoms with E-state index in [1.807, 2.05) is 0 Å². The van der Waals surface area contributed by atoms with Crippen LogP contribution in [0, 0.1) is 28.9 Å². The van der Waals surface area contributed by atoms with Gasteiger partial charge in [0.25, 0.3) is 5.69 Å². The van der Waals surface area contributed by atoms with Crippen LogP contribution >= 0.6 is 11.6 Å². The van der Waals surface area contributed by atoms with Gasteiger partial charge in [-0.3, -0.25) is 19.7 Å². The summed E-state index contributed by atoms with van der Waals surface area (Å²) in [6, 6.07) is 4.32. The van der Waals surface area contributed by atoms with Crippen molar-refractivity contribution in [1.82, 2.24) is 0 Å². The molecule has 1 aromatic rings. The monoisotopic (exact) mass is 338 g/mol. The lowest BCUT2D eigenvalue weighted by atomic mass is 9.82. The number of halogens is 1. The molecule has 1 aliphatic carbocycles. The number of anilines is 1. The lowest BCUT2D eigenvalue weighted by molar-refractivity contribution is -0.385. The summed E-state index contributed by atoms with van der Waals surface area (Å²) in [5, 5.41) is 23.1. The van der Waals surface area contributed by atoms with E-state index in [9.17, 15) is 24.8 Å². The number of nitrogens with one attached hydrogen (secondary N) is 1. The van der Waals surface area contributed by atoms with Gasteiger partial charge in [-0.25, -0.2) is 0 Å². The molecule has 2 atom stereocenters. The van der Waals surface area contributed by atoms with Crippen molar-refractivity contribution >= 4 is 34.9 Å². The number of carbonyl (C=O) groups is 2. The van der Waals surface area contributed by atoms with Gasteiger partial charge in [0.2, 0.25) is 5.91 Å². The molecule has 2 N–H and O–H groups in total. The zero-order valence-corrected chi connectivity index (χ0v) is 13.0. The molecule has 122 valence electrons. The van der Waals surface area contributed by atoms with Crippen molar-refractivity contribution in [2.45, 2.75) is 19.8 Å². The molecule has 0 saturated carbocycles. The molecule has 8 heteroatoms. The third kappa shape index (κ3) is 3.87. The fourth-order valence-electron chi connectivity index (χ4n) is 2.52. The Balaban J connectivity index is 2.21. The van der Waals surface area contributed by atoms with Gasteiger partial charge in [0.15, 0.2) is 0 Å². The van der Waals surface area contributed by atoms with Gasteiger partial charge in [0, 0.05) is 22.3 Å². The number of rotatable bonds is 4. The van der Waals surface area contributed by atoms with Crippen molar-refractivity contribution in [1.29, 1.82) is 0 Å². The summed E-state index contributed by atoms with van der Waals surface area (Å²) in [7, 11) is 0. The van der Waals surface area contributed by atoms with Crippen molar-refractivity contribution < 1.29 is 19.6 Å². The highest BCUT2D eigenvalue weighted by Gasteiger charge is 2.36. The molecule has 0 spiro atoms. The molecule has 0 aliphatic heterocycles. The number of nitro groups is 1. The van der Waals surface area contributed by atoms with E-state index in [1.165, 1.54) is 18.2 Å². The second kappa shape index (κ2) is 6.78. The van der Waals surface area contributed by atoms with Crippen LogP contribution in [0.3, 0.4) is 0 Å². The quantitative estimate of drug-likeness (QED) is 0.647. The van der Waals surface area contributed by atoms with E-state index in [0.717, 1.165) is 0 Å². The number of aliphatic carboxylic acids is 1. The molecular formula is C15H15ClN2O5. The van der Waals surface area contributed by atoms with Gasteiger partial charge >= 0.3 is 5.97 Å². The van der Waals surface area contributed by atoms with Crippen molar-refractivity contribution in [3.8, 4) is 0 Å². The zero-order chi connectivity index (χ0) is 17.1. The number of allylic oxidation sites excluding steroid dienone is 2. The van der Waals surface area contributed by atoms with E-state index < -0.39 is 28.6 Å². The third-order valence-corrected chi connectivity index (χ3v) is 4.13. The number of hydrogen-bond acceptors (Lipinski definition) is 4. The summed E-state index contributed by atoms with van der Waals surface area (Å²) in [6.45, 7) is 1.59. The van der Waals surface area contributed by atoms with E-state index >= 15 is 0 Å². The molecule has 0 aromatic heterocycles. The van der Waals surface area contributed by atoms with Crippen LogP contribution in [-0.4, -0.2) is 21.9 Å². The third-order valence-electron chi connectivity index (χ3n) is 3.82. The van der Waals surface area contributed by atoms with Crippen LogP contribution in [0.2, 0.25) is 0 Å². The smallest absolute Gasteiger partial charge is 0.307 e. The standard InChI is InChI=1S/C15H15ClN2O5/c1-8-2-4-10(7-13(8)18(22)23)17-14(19)12-6-9(16)3-5-11(12)15(20)21/h2-4,7,11-12H,5-6H2,1H3,(H,17,19)(H,20,21)/t11-,12-/m0/s1. The van der Waals surface area contributed by atoms with E-state index in [0.29, 0.717) is 10.6 Å². The molecule has 0 unspecified atom stereocenters. The first-order valence-electron chi connectivity index (χ1n) is 6.93. The van der Waals surface area contributed by atoms with Crippen LogP contribution in [0.4, 0.5) is 11.4 Å². The highest BCUT2D eigenvalue weighted by Crippen LogP contribution is 2.33. The van der Waals surface area contributed by atoms with Gasteiger partial charge in [-0.1, -0.05) is 23.7 Å². The molecule has 2 rings (SSSR count). The predicted octanol–water partition coefficient (Wildman–Crippen LogP) is 3.08. The first kappa shape index (κ1) is 17.0. The molecular weight excluding hydrogens is 324 g/mol. The Morgan fingerprint density at radius 1 is 1.39 bits per heavy atom. The molecule has 0 radical (unpaired) electrons. The zero-order valence-electron chi connectivity index (χ0n) is 12.3. The maximum atomic E-state index is 12.4. The minimum atomic E-state index is -1.07. The maximum Gasteiger partial charge on any atom is 0.307 e. The molecule has 0 saturated heterocycles. The van der Waals surface area contributed by atoms with Crippen molar-refractivity contribution in [2.75, 3.05) is 5.32 Å². The molecule has 7 nitrogen and oxygen atoms in total. The largest absolute Gasteiger partial charge is 0.481 e. The molecule has 23 heavy (non-hydrogen) atoms. The summed E-state index contributed by atoms with van der Waals surface area (Å²) >= 11 is 5.91. The number of hydrogen-bond donors (Lipinski definition) is 2. The number of carboxylic acids is 1. The number of nitro benzene ring substituents is 1. The number of benzene rings is 1. The fraction of sp³-hybridized carbons (Fsp3) is 0.333. The van der Waals surface area contributed by atoms with Crippen molar-refractivity contribution in [2.24, 2.45) is 11.8 Å². The molecule has 1 aliphatic rings. The second-order valence-corrected chi connectivity index (χ2v) is 5.88. The van der Waals surface area contributed by atoms with Gasteiger partial charge in [-0.2, -0.15) is 0 Å². The van der Waals surface area contributed by atoms with Gasteiger partial charge in [-0.15, -0.1) is 0 Å². The van der Waals surface area contributed by atoms with Crippen LogP contribution in [-0.2, 0) is 9.59 Å². The number of amides is 1. The Morgan fingerprint density at radius 2 is 2.09 bits per heavy atom. The summed E-state index contributed by atoms with van der Waals surface area (Å²) in [6.07, 6.45) is 1.92. The number of carbonyl (C=O) groups excluding carboxylic acids is 1. The van der Waals surface area contributed by atoms with Crippen LogP contribution in [0.1, 0.15) is 18.4 Å². The van der Waals surface area contributed by atoms with Gasteiger partial charge in [0.05, 0.1) is 16.8 Å². The van der Waals surface area contributed by atoms with Crippen molar-refractivity contribution in [3.05, 3.63) is 45.0 Å². The number of carboxylic acid groups (broad SMARTS) is 1. The lowest BCUT2D eigenvalue weighted by Gasteiger charge is -2.25. The molecule has 0 heterocycles. The SMILES string of the molecule is Cc1ccc(NC(=O)[C@H]2CC(Cl)=CC[C@@H]2C(=O)O)cc1[N+](=O)[O-]. The van der Waals surface area contributed by atoms with Gasteiger partial charge in [-0.05, 0) is 25.8 Å². The Bertz CT molecular complexity index is 701. The van der Waals surface area contributed by atoms with Crippen LogP contribution < -0.4 is 5.32 Å². The maximum absolute atomic E-state index is 12.4. The van der Waals surface area contributed by atoms with Crippen LogP contribution in [0.15, 0.2) is 29.3 Å². The minimum Gasteiger partial charge on any atom is -0.481 e. The van der Waals surface area contributed by atoms with Gasteiger partial charge in [0.1, 0.15) is 0 Å². The predicted molar refractivity (Wildman–Crippen MR) is 84.2 cm³/mol. The normalized spacial score (nSPS) is 20.5. The van der Waals surface area contributed by atoms with Crippen LogP contribution in [0.25, 0.3) is 0 Å². The second-order valence-electron chi connectivity index (χ2n) is 5.39.